The molecule has 3 aromatic rings. The molecule has 4 nitrogen and oxygen atoms in total. The number of carbonyl (C=O) groups is 1. The molecule has 1 heterocycles. The summed E-state index contributed by atoms with van der Waals surface area (Å²) >= 11 is 0. The second kappa shape index (κ2) is 7.35. The number of nitrogens with one attached hydrogen (secondary N) is 1. The summed E-state index contributed by atoms with van der Waals surface area (Å²) in [6, 6.07) is 14.9. The van der Waals surface area contributed by atoms with Crippen LogP contribution in [0.5, 0.6) is 0 Å². The number of hydrogen-bond acceptors (Lipinski definition) is 2. The van der Waals surface area contributed by atoms with E-state index in [0.29, 0.717) is 11.3 Å². The summed E-state index contributed by atoms with van der Waals surface area (Å²) in [7, 11) is 0. The molecule has 26 heavy (non-hydrogen) atoms. The van der Waals surface area contributed by atoms with Crippen molar-refractivity contribution >= 4 is 11.6 Å². The zero-order valence-electron chi connectivity index (χ0n) is 14.6. The minimum absolute atomic E-state index is 0.0477. The number of hydrogen-bond donors (Lipinski definition) is 1. The van der Waals surface area contributed by atoms with E-state index >= 15 is 0 Å². The molecule has 0 aliphatic heterocycles. The third kappa shape index (κ3) is 3.72. The van der Waals surface area contributed by atoms with Crippen LogP contribution in [-0.4, -0.2) is 10.5 Å². The lowest BCUT2D eigenvalue weighted by molar-refractivity contribution is 0.102. The van der Waals surface area contributed by atoms with Crippen molar-refractivity contribution in [2.45, 2.75) is 20.4 Å². The van der Waals surface area contributed by atoms with Gasteiger partial charge in [-0.25, -0.2) is 4.39 Å². The fraction of sp³-hybridized carbons (Fsp3) is 0.143. The molecule has 0 fully saturated rings. The Balaban J connectivity index is 1.89. The van der Waals surface area contributed by atoms with E-state index in [-0.39, 0.29) is 17.9 Å². The molecule has 1 N–H and O–H groups in total. The molecular formula is C21H19FN2O2. The number of benzene rings is 2. The SMILES string of the molecule is Cc1cccc(C)c1NC(=O)c1cccn(Cc2cccc(F)c2)c1=O. The number of rotatable bonds is 4. The van der Waals surface area contributed by atoms with Crippen molar-refractivity contribution in [1.82, 2.24) is 4.57 Å². The first-order valence-electron chi connectivity index (χ1n) is 8.27. The molecule has 0 spiro atoms. The quantitative estimate of drug-likeness (QED) is 0.776. The van der Waals surface area contributed by atoms with Crippen LogP contribution in [0.15, 0.2) is 65.6 Å². The van der Waals surface area contributed by atoms with Gasteiger partial charge in [-0.3, -0.25) is 9.59 Å². The molecule has 132 valence electrons. The maximum atomic E-state index is 13.3. The number of aryl methyl sites for hydroxylation is 2. The van der Waals surface area contributed by atoms with Gasteiger partial charge in [0.05, 0.1) is 6.54 Å². The van der Waals surface area contributed by atoms with Gasteiger partial charge in [0.1, 0.15) is 11.4 Å². The largest absolute Gasteiger partial charge is 0.321 e. The maximum absolute atomic E-state index is 13.3. The van der Waals surface area contributed by atoms with Crippen LogP contribution in [0.1, 0.15) is 27.0 Å². The van der Waals surface area contributed by atoms with E-state index in [9.17, 15) is 14.0 Å². The van der Waals surface area contributed by atoms with E-state index < -0.39 is 11.5 Å². The number of halogens is 1. The number of pyridine rings is 1. The molecule has 3 rings (SSSR count). The molecule has 0 unspecified atom stereocenters. The van der Waals surface area contributed by atoms with Crippen molar-refractivity contribution in [3.8, 4) is 0 Å². The van der Waals surface area contributed by atoms with Gasteiger partial charge >= 0.3 is 0 Å². The van der Waals surface area contributed by atoms with E-state index in [1.807, 2.05) is 32.0 Å². The molecule has 0 aliphatic carbocycles. The van der Waals surface area contributed by atoms with Crippen molar-refractivity contribution in [1.29, 1.82) is 0 Å². The lowest BCUT2D eigenvalue weighted by Crippen LogP contribution is -2.29. The number of aromatic nitrogens is 1. The summed E-state index contributed by atoms with van der Waals surface area (Å²) < 4.78 is 14.7. The Morgan fingerprint density at radius 1 is 1.04 bits per heavy atom. The highest BCUT2D eigenvalue weighted by Gasteiger charge is 2.14. The monoisotopic (exact) mass is 350 g/mol. The standard InChI is InChI=1S/C21H19FN2O2/c1-14-6-3-7-15(2)19(14)23-20(25)18-10-5-11-24(21(18)26)13-16-8-4-9-17(22)12-16/h3-12H,13H2,1-2H3,(H,23,25). The highest BCUT2D eigenvalue weighted by molar-refractivity contribution is 6.04. The van der Waals surface area contributed by atoms with Crippen LogP contribution in [0.4, 0.5) is 10.1 Å². The lowest BCUT2D eigenvalue weighted by atomic mass is 10.1. The number of amides is 1. The van der Waals surface area contributed by atoms with E-state index in [1.54, 1.807) is 24.4 Å². The van der Waals surface area contributed by atoms with Crippen molar-refractivity contribution in [2.75, 3.05) is 5.32 Å². The van der Waals surface area contributed by atoms with Gasteiger partial charge in [0.2, 0.25) is 0 Å². The molecule has 1 aromatic heterocycles. The maximum Gasteiger partial charge on any atom is 0.263 e. The molecule has 0 saturated carbocycles. The lowest BCUT2D eigenvalue weighted by Gasteiger charge is -2.12. The fourth-order valence-electron chi connectivity index (χ4n) is 2.86. The van der Waals surface area contributed by atoms with Crippen LogP contribution in [-0.2, 0) is 6.54 Å². The van der Waals surface area contributed by atoms with Gasteiger partial charge in [0.25, 0.3) is 11.5 Å². The predicted molar refractivity (Wildman–Crippen MR) is 100 cm³/mol. The average Bonchev–Trinajstić information content (AvgIpc) is 2.60. The molecule has 0 saturated heterocycles. The van der Waals surface area contributed by atoms with Crippen LogP contribution in [0.3, 0.4) is 0 Å². The molecular weight excluding hydrogens is 331 g/mol. The third-order valence-corrected chi connectivity index (χ3v) is 4.23. The summed E-state index contributed by atoms with van der Waals surface area (Å²) in [6.07, 6.45) is 1.59. The van der Waals surface area contributed by atoms with Gasteiger partial charge in [-0.2, -0.15) is 0 Å². The van der Waals surface area contributed by atoms with Gasteiger partial charge in [0.15, 0.2) is 0 Å². The van der Waals surface area contributed by atoms with E-state index in [4.69, 9.17) is 0 Å². The first-order valence-corrected chi connectivity index (χ1v) is 8.27. The Hall–Kier alpha value is -3.21. The predicted octanol–water partition coefficient (Wildman–Crippen LogP) is 3.90. The smallest absolute Gasteiger partial charge is 0.263 e. The van der Waals surface area contributed by atoms with Gasteiger partial charge in [0, 0.05) is 11.9 Å². The van der Waals surface area contributed by atoms with Crippen LogP contribution in [0.2, 0.25) is 0 Å². The van der Waals surface area contributed by atoms with Crippen molar-refractivity contribution in [3.05, 3.63) is 99.2 Å². The summed E-state index contributed by atoms with van der Waals surface area (Å²) in [4.78, 5) is 25.3. The molecule has 5 heteroatoms. The highest BCUT2D eigenvalue weighted by atomic mass is 19.1. The Morgan fingerprint density at radius 2 is 1.73 bits per heavy atom. The topological polar surface area (TPSA) is 51.1 Å². The van der Waals surface area contributed by atoms with Gasteiger partial charge in [-0.15, -0.1) is 0 Å². The Labute approximate surface area is 150 Å². The van der Waals surface area contributed by atoms with Crippen molar-refractivity contribution in [2.24, 2.45) is 0 Å². The summed E-state index contributed by atoms with van der Waals surface area (Å²) in [5.41, 5.74) is 2.84. The zero-order valence-corrected chi connectivity index (χ0v) is 14.6. The number of para-hydroxylation sites is 1. The van der Waals surface area contributed by atoms with Crippen LogP contribution >= 0.6 is 0 Å². The van der Waals surface area contributed by atoms with Crippen molar-refractivity contribution < 1.29 is 9.18 Å². The van der Waals surface area contributed by atoms with Gasteiger partial charge in [-0.05, 0) is 54.8 Å². The second-order valence-electron chi connectivity index (χ2n) is 6.21. The molecule has 0 atom stereocenters. The highest BCUT2D eigenvalue weighted by Crippen LogP contribution is 2.19. The summed E-state index contributed by atoms with van der Waals surface area (Å²) in [5, 5.41) is 2.82. The average molecular weight is 350 g/mol. The first-order chi connectivity index (χ1) is 12.5. The molecule has 0 aliphatic rings. The zero-order chi connectivity index (χ0) is 18.7. The molecule has 2 aromatic carbocycles. The summed E-state index contributed by atoms with van der Waals surface area (Å²) in [5.74, 6) is -0.819. The molecule has 0 radical (unpaired) electrons. The van der Waals surface area contributed by atoms with Gasteiger partial charge < -0.3 is 9.88 Å². The number of carbonyl (C=O) groups excluding carboxylic acids is 1. The number of anilines is 1. The van der Waals surface area contributed by atoms with Crippen LogP contribution in [0.25, 0.3) is 0 Å². The Bertz CT molecular complexity index is 1000. The third-order valence-electron chi connectivity index (χ3n) is 4.23. The van der Waals surface area contributed by atoms with Gasteiger partial charge in [-0.1, -0.05) is 30.3 Å². The van der Waals surface area contributed by atoms with Crippen molar-refractivity contribution in [3.63, 3.8) is 0 Å². The molecule has 1 amide bonds. The fourth-order valence-corrected chi connectivity index (χ4v) is 2.86. The van der Waals surface area contributed by atoms with E-state index in [2.05, 4.69) is 5.32 Å². The van der Waals surface area contributed by atoms with Crippen LogP contribution < -0.4 is 10.9 Å². The van der Waals surface area contributed by atoms with Crippen LogP contribution in [0, 0.1) is 19.7 Å². The second-order valence-corrected chi connectivity index (χ2v) is 6.21. The Morgan fingerprint density at radius 3 is 2.42 bits per heavy atom. The normalized spacial score (nSPS) is 10.6. The minimum atomic E-state index is -0.457. The molecule has 0 bridgehead atoms. The first kappa shape index (κ1) is 17.6. The Kier molecular flexibility index (Phi) is 4.98. The summed E-state index contributed by atoms with van der Waals surface area (Å²) in [6.45, 7) is 3.99. The van der Waals surface area contributed by atoms with E-state index in [1.165, 1.54) is 22.8 Å². The minimum Gasteiger partial charge on any atom is -0.321 e. The van der Waals surface area contributed by atoms with E-state index in [0.717, 1.165) is 11.1 Å². The number of nitrogens with zero attached hydrogens (tertiary/aromatic N) is 1.